The van der Waals surface area contributed by atoms with E-state index in [4.69, 9.17) is 4.42 Å². The molecule has 0 aliphatic heterocycles. The summed E-state index contributed by atoms with van der Waals surface area (Å²) in [5.41, 5.74) is 0.996. The molecule has 2 amide bonds. The SMILES string of the molecule is O=C(Cn1cccnc1=O)NCc1ccc(NC(=O)c2ccco2)cc1. The largest absolute Gasteiger partial charge is 0.459 e. The lowest BCUT2D eigenvalue weighted by Crippen LogP contribution is -2.32. The molecular weight excluding hydrogens is 336 g/mol. The van der Waals surface area contributed by atoms with E-state index in [1.165, 1.54) is 23.2 Å². The number of aromatic nitrogens is 2. The van der Waals surface area contributed by atoms with Gasteiger partial charge in [-0.25, -0.2) is 9.78 Å². The Balaban J connectivity index is 1.51. The number of nitrogens with one attached hydrogen (secondary N) is 2. The van der Waals surface area contributed by atoms with E-state index in [0.29, 0.717) is 12.2 Å². The Bertz CT molecular complexity index is 946. The summed E-state index contributed by atoms with van der Waals surface area (Å²) >= 11 is 0. The molecule has 0 saturated heterocycles. The van der Waals surface area contributed by atoms with Gasteiger partial charge in [0.1, 0.15) is 6.54 Å². The van der Waals surface area contributed by atoms with Crippen LogP contribution in [0.4, 0.5) is 5.69 Å². The number of hydrogen-bond donors (Lipinski definition) is 2. The molecule has 0 atom stereocenters. The molecule has 2 aromatic heterocycles. The van der Waals surface area contributed by atoms with Gasteiger partial charge in [-0.15, -0.1) is 0 Å². The van der Waals surface area contributed by atoms with Crippen molar-refractivity contribution in [2.45, 2.75) is 13.1 Å². The highest BCUT2D eigenvalue weighted by Crippen LogP contribution is 2.11. The molecule has 0 saturated carbocycles. The van der Waals surface area contributed by atoms with Crippen molar-refractivity contribution in [3.05, 3.63) is 82.9 Å². The van der Waals surface area contributed by atoms with Crippen LogP contribution < -0.4 is 16.3 Å². The minimum Gasteiger partial charge on any atom is -0.459 e. The molecular formula is C18H16N4O4. The van der Waals surface area contributed by atoms with Gasteiger partial charge in [0, 0.05) is 24.6 Å². The van der Waals surface area contributed by atoms with Crippen LogP contribution >= 0.6 is 0 Å². The van der Waals surface area contributed by atoms with E-state index in [-0.39, 0.29) is 24.1 Å². The topological polar surface area (TPSA) is 106 Å². The summed E-state index contributed by atoms with van der Waals surface area (Å²) in [7, 11) is 0. The van der Waals surface area contributed by atoms with Crippen molar-refractivity contribution < 1.29 is 14.0 Å². The third-order valence-electron chi connectivity index (χ3n) is 3.54. The van der Waals surface area contributed by atoms with Gasteiger partial charge in [-0.3, -0.25) is 14.2 Å². The molecule has 3 aromatic rings. The summed E-state index contributed by atoms with van der Waals surface area (Å²) in [6.07, 6.45) is 4.31. The predicted octanol–water partition coefficient (Wildman–Crippen LogP) is 1.40. The van der Waals surface area contributed by atoms with Gasteiger partial charge in [-0.05, 0) is 35.9 Å². The van der Waals surface area contributed by atoms with Crippen molar-refractivity contribution in [2.75, 3.05) is 5.32 Å². The van der Waals surface area contributed by atoms with E-state index in [1.54, 1.807) is 42.5 Å². The van der Waals surface area contributed by atoms with Gasteiger partial charge in [0.05, 0.1) is 6.26 Å². The Labute approximate surface area is 148 Å². The fourth-order valence-corrected chi connectivity index (χ4v) is 2.23. The molecule has 3 rings (SSSR count). The molecule has 132 valence electrons. The van der Waals surface area contributed by atoms with Crippen LogP contribution in [-0.4, -0.2) is 21.4 Å². The molecule has 2 N–H and O–H groups in total. The minimum absolute atomic E-state index is 0.0933. The second kappa shape index (κ2) is 7.93. The Kier molecular flexibility index (Phi) is 5.23. The average molecular weight is 352 g/mol. The van der Waals surface area contributed by atoms with E-state index in [2.05, 4.69) is 15.6 Å². The maximum Gasteiger partial charge on any atom is 0.347 e. The first-order valence-corrected chi connectivity index (χ1v) is 7.84. The van der Waals surface area contributed by atoms with Crippen LogP contribution in [-0.2, 0) is 17.9 Å². The zero-order valence-electron chi connectivity index (χ0n) is 13.7. The summed E-state index contributed by atoms with van der Waals surface area (Å²) in [6, 6.07) is 11.8. The minimum atomic E-state index is -0.473. The van der Waals surface area contributed by atoms with Crippen LogP contribution in [0.5, 0.6) is 0 Å². The number of carbonyl (C=O) groups is 2. The van der Waals surface area contributed by atoms with E-state index >= 15 is 0 Å². The molecule has 0 spiro atoms. The number of amides is 2. The summed E-state index contributed by atoms with van der Waals surface area (Å²) in [5.74, 6) is -0.403. The second-order valence-corrected chi connectivity index (χ2v) is 5.44. The quantitative estimate of drug-likeness (QED) is 0.697. The summed E-state index contributed by atoms with van der Waals surface area (Å²) in [4.78, 5) is 38.9. The van der Waals surface area contributed by atoms with Crippen LogP contribution in [0.25, 0.3) is 0 Å². The number of anilines is 1. The van der Waals surface area contributed by atoms with Crippen LogP contribution in [0.15, 0.2) is 70.3 Å². The fraction of sp³-hybridized carbons (Fsp3) is 0.111. The lowest BCUT2D eigenvalue weighted by molar-refractivity contribution is -0.121. The van der Waals surface area contributed by atoms with E-state index < -0.39 is 5.69 Å². The lowest BCUT2D eigenvalue weighted by Gasteiger charge is -2.08. The van der Waals surface area contributed by atoms with Gasteiger partial charge >= 0.3 is 5.69 Å². The first-order valence-electron chi connectivity index (χ1n) is 7.84. The summed E-state index contributed by atoms with van der Waals surface area (Å²) < 4.78 is 6.25. The summed E-state index contributed by atoms with van der Waals surface area (Å²) in [5, 5.41) is 5.44. The number of carbonyl (C=O) groups excluding carboxylic acids is 2. The lowest BCUT2D eigenvalue weighted by atomic mass is 10.2. The van der Waals surface area contributed by atoms with Crippen molar-refractivity contribution in [3.63, 3.8) is 0 Å². The smallest absolute Gasteiger partial charge is 0.347 e. The van der Waals surface area contributed by atoms with E-state index in [9.17, 15) is 14.4 Å². The van der Waals surface area contributed by atoms with Gasteiger partial charge in [-0.2, -0.15) is 0 Å². The first kappa shape index (κ1) is 17.2. The maximum atomic E-state index is 11.9. The molecule has 2 heterocycles. The molecule has 0 aliphatic rings. The zero-order valence-corrected chi connectivity index (χ0v) is 13.7. The maximum absolute atomic E-state index is 11.9. The van der Waals surface area contributed by atoms with Crippen molar-refractivity contribution in [1.29, 1.82) is 0 Å². The van der Waals surface area contributed by atoms with Gasteiger partial charge in [-0.1, -0.05) is 12.1 Å². The molecule has 0 bridgehead atoms. The predicted molar refractivity (Wildman–Crippen MR) is 93.4 cm³/mol. The second-order valence-electron chi connectivity index (χ2n) is 5.44. The Hall–Kier alpha value is -3.68. The van der Waals surface area contributed by atoms with Crippen molar-refractivity contribution in [1.82, 2.24) is 14.9 Å². The third kappa shape index (κ3) is 4.44. The van der Waals surface area contributed by atoms with Gasteiger partial charge in [0.25, 0.3) is 5.91 Å². The zero-order chi connectivity index (χ0) is 18.4. The number of furan rings is 1. The van der Waals surface area contributed by atoms with Crippen molar-refractivity contribution in [3.8, 4) is 0 Å². The van der Waals surface area contributed by atoms with Gasteiger partial charge in [0.2, 0.25) is 5.91 Å². The van der Waals surface area contributed by atoms with Gasteiger partial charge in [0.15, 0.2) is 5.76 Å². The van der Waals surface area contributed by atoms with E-state index in [1.807, 2.05) is 0 Å². The molecule has 26 heavy (non-hydrogen) atoms. The van der Waals surface area contributed by atoms with Crippen molar-refractivity contribution >= 4 is 17.5 Å². The molecule has 0 fully saturated rings. The highest BCUT2D eigenvalue weighted by molar-refractivity contribution is 6.02. The molecule has 0 radical (unpaired) electrons. The Morgan fingerprint density at radius 1 is 1.12 bits per heavy atom. The molecule has 0 aliphatic carbocycles. The molecule has 8 heteroatoms. The Morgan fingerprint density at radius 3 is 2.62 bits per heavy atom. The highest BCUT2D eigenvalue weighted by atomic mass is 16.3. The molecule has 0 unspecified atom stereocenters. The van der Waals surface area contributed by atoms with Crippen LogP contribution in [0.1, 0.15) is 16.1 Å². The summed E-state index contributed by atoms with van der Waals surface area (Å²) in [6.45, 7) is 0.213. The average Bonchev–Trinajstić information content (AvgIpc) is 3.18. The molecule has 8 nitrogen and oxygen atoms in total. The van der Waals surface area contributed by atoms with Crippen LogP contribution in [0.3, 0.4) is 0 Å². The van der Waals surface area contributed by atoms with E-state index in [0.717, 1.165) is 5.56 Å². The number of nitrogens with zero attached hydrogens (tertiary/aromatic N) is 2. The first-order chi connectivity index (χ1) is 12.6. The highest BCUT2D eigenvalue weighted by Gasteiger charge is 2.09. The number of rotatable bonds is 6. The standard InChI is InChI=1S/C18H16N4O4/c23-16(12-22-9-2-8-19-18(22)25)20-11-13-4-6-14(7-5-13)21-17(24)15-3-1-10-26-15/h1-10H,11-12H2,(H,20,23)(H,21,24). The fourth-order valence-electron chi connectivity index (χ4n) is 2.23. The van der Waals surface area contributed by atoms with Gasteiger partial charge < -0.3 is 15.1 Å². The van der Waals surface area contributed by atoms with Crippen LogP contribution in [0.2, 0.25) is 0 Å². The Morgan fingerprint density at radius 2 is 1.92 bits per heavy atom. The number of benzene rings is 1. The number of hydrogen-bond acceptors (Lipinski definition) is 5. The third-order valence-corrected chi connectivity index (χ3v) is 3.54. The monoisotopic (exact) mass is 352 g/mol. The molecule has 1 aromatic carbocycles. The van der Waals surface area contributed by atoms with Crippen molar-refractivity contribution in [2.24, 2.45) is 0 Å². The van der Waals surface area contributed by atoms with Crippen LogP contribution in [0, 0.1) is 0 Å². The normalized spacial score (nSPS) is 10.3.